The van der Waals surface area contributed by atoms with Crippen molar-refractivity contribution in [1.82, 2.24) is 14.5 Å². The summed E-state index contributed by atoms with van der Waals surface area (Å²) in [5.74, 6) is 0.364. The molecule has 0 fully saturated rings. The van der Waals surface area contributed by atoms with Crippen molar-refractivity contribution in [1.29, 1.82) is 0 Å². The monoisotopic (exact) mass is 476 g/mol. The van der Waals surface area contributed by atoms with E-state index >= 15 is 0 Å². The van der Waals surface area contributed by atoms with Gasteiger partial charge in [0.15, 0.2) is 5.13 Å². The number of thiazole rings is 1. The van der Waals surface area contributed by atoms with E-state index < -0.39 is 0 Å². The third-order valence-electron chi connectivity index (χ3n) is 5.62. The van der Waals surface area contributed by atoms with Crippen LogP contribution in [0.4, 0.5) is 10.8 Å². The van der Waals surface area contributed by atoms with E-state index in [-0.39, 0.29) is 25.0 Å². The minimum atomic E-state index is -0.360. The molecule has 4 aromatic rings. The molecule has 0 spiro atoms. The highest BCUT2D eigenvalue weighted by atomic mass is 32.1. The summed E-state index contributed by atoms with van der Waals surface area (Å²) < 4.78 is 7.42. The van der Waals surface area contributed by atoms with Gasteiger partial charge in [0.25, 0.3) is 0 Å². The van der Waals surface area contributed by atoms with Crippen LogP contribution in [0.5, 0.6) is 0 Å². The van der Waals surface area contributed by atoms with E-state index in [2.05, 4.69) is 22.1 Å². The molecule has 176 valence electrons. The number of nitrogens with zero attached hydrogens (tertiary/aromatic N) is 4. The van der Waals surface area contributed by atoms with E-state index in [0.29, 0.717) is 10.8 Å². The van der Waals surface area contributed by atoms with Crippen LogP contribution in [0, 0.1) is 20.8 Å². The van der Waals surface area contributed by atoms with E-state index in [1.165, 1.54) is 18.3 Å². The molecule has 2 heterocycles. The van der Waals surface area contributed by atoms with Crippen LogP contribution in [0.3, 0.4) is 0 Å². The Morgan fingerprint density at radius 1 is 1.09 bits per heavy atom. The maximum atomic E-state index is 12.6. The Hall–Kier alpha value is -3.52. The van der Waals surface area contributed by atoms with Gasteiger partial charge in [0.1, 0.15) is 19.0 Å². The number of rotatable bonds is 7. The van der Waals surface area contributed by atoms with Crippen LogP contribution in [-0.2, 0) is 33.9 Å². The van der Waals surface area contributed by atoms with Crippen molar-refractivity contribution in [2.24, 2.45) is 0 Å². The summed E-state index contributed by atoms with van der Waals surface area (Å²) in [5.41, 5.74) is 6.38. The Bertz CT molecular complexity index is 1350. The molecule has 0 atom stereocenters. The van der Waals surface area contributed by atoms with Crippen LogP contribution in [0.2, 0.25) is 0 Å². The van der Waals surface area contributed by atoms with Crippen LogP contribution < -0.4 is 4.90 Å². The molecular formula is C26H28N4O3S. The fourth-order valence-electron chi connectivity index (χ4n) is 4.28. The van der Waals surface area contributed by atoms with Gasteiger partial charge in [-0.05, 0) is 44.0 Å². The Labute approximate surface area is 203 Å². The summed E-state index contributed by atoms with van der Waals surface area (Å²) in [7, 11) is 0. The Morgan fingerprint density at radius 3 is 2.47 bits per heavy atom. The van der Waals surface area contributed by atoms with Gasteiger partial charge in [-0.25, -0.2) is 9.97 Å². The molecule has 0 aliphatic carbocycles. The van der Waals surface area contributed by atoms with Gasteiger partial charge in [0.2, 0.25) is 5.91 Å². The van der Waals surface area contributed by atoms with Crippen molar-refractivity contribution in [2.45, 2.75) is 54.2 Å². The highest BCUT2D eigenvalue weighted by Crippen LogP contribution is 2.34. The number of carbonyl (C=O) groups is 2. The molecule has 0 N–H and O–H groups in total. The number of amides is 1. The number of para-hydroxylation sites is 2. The Kier molecular flexibility index (Phi) is 6.79. The summed E-state index contributed by atoms with van der Waals surface area (Å²) in [6.07, 6.45) is 0.718. The highest BCUT2D eigenvalue weighted by Gasteiger charge is 2.22. The number of anilines is 2. The third-order valence-corrected chi connectivity index (χ3v) is 6.50. The largest absolute Gasteiger partial charge is 0.458 e. The molecule has 0 radical (unpaired) electrons. The van der Waals surface area contributed by atoms with Crippen molar-refractivity contribution in [3.8, 4) is 0 Å². The smallest absolute Gasteiger partial charge is 0.326 e. The summed E-state index contributed by atoms with van der Waals surface area (Å²) in [6, 6.07) is 11.9. The lowest BCUT2D eigenvalue weighted by molar-refractivity contribution is -0.145. The summed E-state index contributed by atoms with van der Waals surface area (Å²) in [6.45, 7) is 9.69. The number of ether oxygens (including phenoxy) is 1. The minimum absolute atomic E-state index is 0.0427. The van der Waals surface area contributed by atoms with Gasteiger partial charge in [-0.1, -0.05) is 36.8 Å². The molecule has 7 nitrogen and oxygen atoms in total. The normalized spacial score (nSPS) is 11.1. The van der Waals surface area contributed by atoms with E-state index in [4.69, 9.17) is 4.74 Å². The standard InChI is InChI=1S/C26H28N4O3S/c1-6-23-28-21-9-7-8-10-22(21)29(23)13-24(32)33-14-20-15-34-26(27-20)30(19(5)31)25-17(3)11-16(2)12-18(25)4/h7-12,15H,6,13-14H2,1-5H3. The average Bonchev–Trinajstić information content (AvgIpc) is 3.39. The number of benzene rings is 2. The molecule has 0 aliphatic heterocycles. The van der Waals surface area contributed by atoms with E-state index in [0.717, 1.165) is 45.7 Å². The van der Waals surface area contributed by atoms with Gasteiger partial charge in [-0.2, -0.15) is 0 Å². The van der Waals surface area contributed by atoms with Crippen molar-refractivity contribution in [3.63, 3.8) is 0 Å². The first-order valence-corrected chi connectivity index (χ1v) is 12.1. The lowest BCUT2D eigenvalue weighted by Gasteiger charge is -2.23. The molecule has 8 heteroatoms. The zero-order chi connectivity index (χ0) is 24.4. The fraction of sp³-hybridized carbons (Fsp3) is 0.308. The van der Waals surface area contributed by atoms with Crippen LogP contribution in [0.15, 0.2) is 41.8 Å². The SMILES string of the molecule is CCc1nc2ccccc2n1CC(=O)OCc1csc(N(C(C)=O)c2c(C)cc(C)cc2C)n1. The number of esters is 1. The Morgan fingerprint density at radius 2 is 1.79 bits per heavy atom. The Balaban J connectivity index is 1.49. The predicted octanol–water partition coefficient (Wildman–Crippen LogP) is 5.41. The van der Waals surface area contributed by atoms with Gasteiger partial charge in [0, 0.05) is 18.7 Å². The molecule has 2 aromatic carbocycles. The summed E-state index contributed by atoms with van der Waals surface area (Å²) in [5, 5.41) is 2.38. The first-order valence-electron chi connectivity index (χ1n) is 11.2. The quantitative estimate of drug-likeness (QED) is 0.333. The number of hydrogen-bond donors (Lipinski definition) is 0. The first kappa shape index (κ1) is 23.6. The molecule has 0 saturated heterocycles. The van der Waals surface area contributed by atoms with Crippen LogP contribution in [0.1, 0.15) is 42.1 Å². The second kappa shape index (κ2) is 9.77. The van der Waals surface area contributed by atoms with Crippen molar-refractivity contribution in [3.05, 3.63) is 70.0 Å². The van der Waals surface area contributed by atoms with Crippen LogP contribution in [-0.4, -0.2) is 26.4 Å². The second-order valence-corrected chi connectivity index (χ2v) is 9.18. The lowest BCUT2D eigenvalue weighted by atomic mass is 10.0. The van der Waals surface area contributed by atoms with Gasteiger partial charge >= 0.3 is 5.97 Å². The fourth-order valence-corrected chi connectivity index (χ4v) is 5.14. The second-order valence-electron chi connectivity index (χ2n) is 8.34. The molecule has 0 unspecified atom stereocenters. The number of imidazole rings is 1. The highest BCUT2D eigenvalue weighted by molar-refractivity contribution is 7.14. The van der Waals surface area contributed by atoms with E-state index in [1.807, 2.05) is 61.9 Å². The maximum absolute atomic E-state index is 12.6. The summed E-state index contributed by atoms with van der Waals surface area (Å²) >= 11 is 1.35. The average molecular weight is 477 g/mol. The zero-order valence-corrected chi connectivity index (χ0v) is 20.9. The predicted molar refractivity (Wildman–Crippen MR) is 134 cm³/mol. The molecule has 4 rings (SSSR count). The van der Waals surface area contributed by atoms with E-state index in [9.17, 15) is 9.59 Å². The first-order chi connectivity index (χ1) is 16.3. The third kappa shape index (κ3) is 4.72. The topological polar surface area (TPSA) is 77.3 Å². The van der Waals surface area contributed by atoms with Gasteiger partial charge < -0.3 is 9.30 Å². The number of aryl methyl sites for hydroxylation is 4. The molecule has 0 bridgehead atoms. The van der Waals surface area contributed by atoms with Crippen LogP contribution >= 0.6 is 11.3 Å². The van der Waals surface area contributed by atoms with Crippen molar-refractivity contribution >= 4 is 45.1 Å². The van der Waals surface area contributed by atoms with Crippen LogP contribution in [0.25, 0.3) is 11.0 Å². The number of fused-ring (bicyclic) bond motifs is 1. The van der Waals surface area contributed by atoms with Crippen molar-refractivity contribution < 1.29 is 14.3 Å². The molecule has 34 heavy (non-hydrogen) atoms. The zero-order valence-electron chi connectivity index (χ0n) is 20.1. The molecular weight excluding hydrogens is 448 g/mol. The van der Waals surface area contributed by atoms with Crippen molar-refractivity contribution in [2.75, 3.05) is 4.90 Å². The number of carbonyl (C=O) groups excluding carboxylic acids is 2. The van der Waals surface area contributed by atoms with Gasteiger partial charge in [-0.15, -0.1) is 11.3 Å². The number of aromatic nitrogens is 3. The molecule has 0 aliphatic rings. The maximum Gasteiger partial charge on any atom is 0.326 e. The molecule has 1 amide bonds. The van der Waals surface area contributed by atoms with E-state index in [1.54, 1.807) is 4.90 Å². The molecule has 0 saturated carbocycles. The van der Waals surface area contributed by atoms with Gasteiger partial charge in [-0.3, -0.25) is 14.5 Å². The van der Waals surface area contributed by atoms with Gasteiger partial charge in [0.05, 0.1) is 22.4 Å². The minimum Gasteiger partial charge on any atom is -0.458 e. The lowest BCUT2D eigenvalue weighted by Crippen LogP contribution is -2.24. The molecule has 2 aromatic heterocycles. The summed E-state index contributed by atoms with van der Waals surface area (Å²) in [4.78, 5) is 36.0. The number of hydrogen-bond acceptors (Lipinski definition) is 6.